The molecule has 3 heteroatoms. The fourth-order valence-corrected chi connectivity index (χ4v) is 0.443. The summed E-state index contributed by atoms with van der Waals surface area (Å²) in [4.78, 5) is 0. The predicted octanol–water partition coefficient (Wildman–Crippen LogP) is -0.130. The van der Waals surface area contributed by atoms with Crippen LogP contribution in [0.15, 0.2) is 0 Å². The van der Waals surface area contributed by atoms with E-state index >= 15 is 0 Å². The molecule has 3 nitrogen and oxygen atoms in total. The molecular weight excluding hydrogens is 116 g/mol. The van der Waals surface area contributed by atoms with Crippen LogP contribution >= 0.6 is 0 Å². The number of nitriles is 1. The Bertz CT molecular complexity index is 97.7. The summed E-state index contributed by atoms with van der Waals surface area (Å²) in [5.74, 6) is 0. The van der Waals surface area contributed by atoms with Crippen LogP contribution in [-0.2, 0) is 0 Å². The standard InChI is InChI=1S/C6H12N2O/c1-6(5-7)8-3-2-4-9/h6,8-9H,2-4H2,1H3/t6-/m0/s1. The van der Waals surface area contributed by atoms with Crippen molar-refractivity contribution in [3.8, 4) is 6.07 Å². The lowest BCUT2D eigenvalue weighted by Gasteiger charge is -2.02. The highest BCUT2D eigenvalue weighted by atomic mass is 16.3. The molecule has 0 heterocycles. The van der Waals surface area contributed by atoms with Crippen LogP contribution in [-0.4, -0.2) is 24.3 Å². The lowest BCUT2D eigenvalue weighted by Crippen LogP contribution is -2.25. The number of nitrogens with zero attached hydrogens (tertiary/aromatic N) is 1. The minimum atomic E-state index is -0.100. The van der Waals surface area contributed by atoms with E-state index in [0.717, 1.165) is 0 Å². The van der Waals surface area contributed by atoms with Crippen LogP contribution in [0.3, 0.4) is 0 Å². The molecule has 1 atom stereocenters. The first-order chi connectivity index (χ1) is 4.31. The Hall–Kier alpha value is -0.590. The number of aliphatic hydroxyl groups excluding tert-OH is 1. The fraction of sp³-hybridized carbons (Fsp3) is 0.833. The van der Waals surface area contributed by atoms with Gasteiger partial charge in [0.2, 0.25) is 0 Å². The Balaban J connectivity index is 2.99. The predicted molar refractivity (Wildman–Crippen MR) is 34.8 cm³/mol. The average molecular weight is 128 g/mol. The first-order valence-corrected chi connectivity index (χ1v) is 3.05. The number of aliphatic hydroxyl groups is 1. The highest BCUT2D eigenvalue weighted by Gasteiger charge is 1.93. The van der Waals surface area contributed by atoms with Gasteiger partial charge in [0.05, 0.1) is 12.1 Å². The molecule has 0 aromatic rings. The van der Waals surface area contributed by atoms with E-state index in [-0.39, 0.29) is 12.6 Å². The van der Waals surface area contributed by atoms with Gasteiger partial charge in [-0.25, -0.2) is 0 Å². The van der Waals surface area contributed by atoms with Gasteiger partial charge >= 0.3 is 0 Å². The van der Waals surface area contributed by atoms with Gasteiger partial charge in [-0.2, -0.15) is 5.26 Å². The summed E-state index contributed by atoms with van der Waals surface area (Å²) >= 11 is 0. The Kier molecular flexibility index (Phi) is 5.18. The zero-order chi connectivity index (χ0) is 7.11. The highest BCUT2D eigenvalue weighted by molar-refractivity contribution is 4.84. The van der Waals surface area contributed by atoms with Crippen LogP contribution in [0.2, 0.25) is 0 Å². The molecular formula is C6H12N2O. The zero-order valence-electron chi connectivity index (χ0n) is 5.59. The molecule has 0 radical (unpaired) electrons. The third-order valence-corrected chi connectivity index (χ3v) is 0.979. The third kappa shape index (κ3) is 5.28. The van der Waals surface area contributed by atoms with Crippen LogP contribution < -0.4 is 5.32 Å². The molecule has 0 aromatic carbocycles. The maximum Gasteiger partial charge on any atom is 0.0924 e. The number of hydrogen-bond donors (Lipinski definition) is 2. The van der Waals surface area contributed by atoms with Crippen LogP contribution in [0.4, 0.5) is 0 Å². The van der Waals surface area contributed by atoms with Gasteiger partial charge < -0.3 is 10.4 Å². The van der Waals surface area contributed by atoms with E-state index in [4.69, 9.17) is 10.4 Å². The smallest absolute Gasteiger partial charge is 0.0924 e. The zero-order valence-corrected chi connectivity index (χ0v) is 5.59. The highest BCUT2D eigenvalue weighted by Crippen LogP contribution is 1.77. The molecule has 0 amide bonds. The van der Waals surface area contributed by atoms with Crippen LogP contribution in [0, 0.1) is 11.3 Å². The minimum absolute atomic E-state index is 0.100. The third-order valence-electron chi connectivity index (χ3n) is 0.979. The van der Waals surface area contributed by atoms with Crippen molar-refractivity contribution in [2.75, 3.05) is 13.2 Å². The number of hydrogen-bond acceptors (Lipinski definition) is 3. The van der Waals surface area contributed by atoms with Gasteiger partial charge in [0.15, 0.2) is 0 Å². The normalized spacial score (nSPS) is 12.6. The molecule has 0 rings (SSSR count). The van der Waals surface area contributed by atoms with Crippen molar-refractivity contribution in [1.82, 2.24) is 5.32 Å². The van der Waals surface area contributed by atoms with E-state index in [9.17, 15) is 0 Å². The summed E-state index contributed by atoms with van der Waals surface area (Å²) in [6.07, 6.45) is 0.714. The van der Waals surface area contributed by atoms with Crippen molar-refractivity contribution in [1.29, 1.82) is 5.26 Å². The van der Waals surface area contributed by atoms with Gasteiger partial charge in [0, 0.05) is 6.61 Å². The van der Waals surface area contributed by atoms with E-state index in [1.165, 1.54) is 0 Å². The Morgan fingerprint density at radius 3 is 2.89 bits per heavy atom. The molecule has 52 valence electrons. The topological polar surface area (TPSA) is 56.0 Å². The Morgan fingerprint density at radius 2 is 2.44 bits per heavy atom. The van der Waals surface area contributed by atoms with Crippen molar-refractivity contribution in [3.63, 3.8) is 0 Å². The van der Waals surface area contributed by atoms with Crippen LogP contribution in [0.5, 0.6) is 0 Å². The van der Waals surface area contributed by atoms with Crippen molar-refractivity contribution in [2.24, 2.45) is 0 Å². The molecule has 0 saturated carbocycles. The Morgan fingerprint density at radius 1 is 1.78 bits per heavy atom. The lowest BCUT2D eigenvalue weighted by molar-refractivity contribution is 0.285. The van der Waals surface area contributed by atoms with E-state index in [1.54, 1.807) is 6.92 Å². The molecule has 0 unspecified atom stereocenters. The largest absolute Gasteiger partial charge is 0.396 e. The molecule has 9 heavy (non-hydrogen) atoms. The van der Waals surface area contributed by atoms with Crippen molar-refractivity contribution >= 4 is 0 Å². The number of nitrogens with one attached hydrogen (secondary N) is 1. The maximum atomic E-state index is 8.33. The van der Waals surface area contributed by atoms with Gasteiger partial charge in [-0.15, -0.1) is 0 Å². The molecule has 0 aliphatic heterocycles. The quantitative estimate of drug-likeness (QED) is 0.518. The van der Waals surface area contributed by atoms with Crippen LogP contribution in [0.25, 0.3) is 0 Å². The average Bonchev–Trinajstić information content (AvgIpc) is 1.89. The first kappa shape index (κ1) is 8.41. The molecule has 0 aromatic heterocycles. The first-order valence-electron chi connectivity index (χ1n) is 3.05. The summed E-state index contributed by atoms with van der Waals surface area (Å²) in [6, 6.07) is 1.93. The number of rotatable bonds is 4. The summed E-state index contributed by atoms with van der Waals surface area (Å²) in [6.45, 7) is 2.69. The SMILES string of the molecule is C[C@@H](C#N)NCCCO. The molecule has 0 saturated heterocycles. The van der Waals surface area contributed by atoms with Gasteiger partial charge in [-0.1, -0.05) is 0 Å². The van der Waals surface area contributed by atoms with Gasteiger partial charge in [-0.05, 0) is 19.9 Å². The molecule has 2 N–H and O–H groups in total. The van der Waals surface area contributed by atoms with E-state index in [2.05, 4.69) is 5.32 Å². The summed E-state index contributed by atoms with van der Waals surface area (Å²) in [5, 5.41) is 19.5. The lowest BCUT2D eigenvalue weighted by atomic mass is 10.3. The second kappa shape index (κ2) is 5.54. The van der Waals surface area contributed by atoms with E-state index in [0.29, 0.717) is 13.0 Å². The van der Waals surface area contributed by atoms with Crippen LogP contribution in [0.1, 0.15) is 13.3 Å². The summed E-state index contributed by atoms with van der Waals surface area (Å²) < 4.78 is 0. The van der Waals surface area contributed by atoms with Crippen molar-refractivity contribution in [3.05, 3.63) is 0 Å². The molecule has 0 bridgehead atoms. The van der Waals surface area contributed by atoms with Gasteiger partial charge in [0.1, 0.15) is 0 Å². The second-order valence-electron chi connectivity index (χ2n) is 1.88. The van der Waals surface area contributed by atoms with Gasteiger partial charge in [0.25, 0.3) is 0 Å². The second-order valence-corrected chi connectivity index (χ2v) is 1.88. The van der Waals surface area contributed by atoms with Crippen molar-refractivity contribution < 1.29 is 5.11 Å². The molecule has 0 aliphatic carbocycles. The summed E-state index contributed by atoms with van der Waals surface area (Å²) in [7, 11) is 0. The molecule has 0 fully saturated rings. The fourth-order valence-electron chi connectivity index (χ4n) is 0.443. The Labute approximate surface area is 55.3 Å². The molecule has 0 spiro atoms. The summed E-state index contributed by atoms with van der Waals surface area (Å²) in [5.41, 5.74) is 0. The minimum Gasteiger partial charge on any atom is -0.396 e. The van der Waals surface area contributed by atoms with Gasteiger partial charge in [-0.3, -0.25) is 0 Å². The van der Waals surface area contributed by atoms with E-state index in [1.807, 2.05) is 6.07 Å². The molecule has 0 aliphatic rings. The van der Waals surface area contributed by atoms with Crippen molar-refractivity contribution in [2.45, 2.75) is 19.4 Å². The van der Waals surface area contributed by atoms with E-state index < -0.39 is 0 Å². The monoisotopic (exact) mass is 128 g/mol. The maximum absolute atomic E-state index is 8.33.